The standard InChI is InChI=1S/C28H28FNO6/c1-16-15-21-25(26(31)22(16)27(32)34-3)24(18-9-11-19(29)12-10-18)23(17(2)30-21)28(33)36-14-13-35-20-7-5-4-6-8-20/h4-12,16,22,24,30H,13-15H2,1-3H3. The molecule has 0 amide bonds. The molecular weight excluding hydrogens is 465 g/mol. The average molecular weight is 494 g/mol. The molecule has 0 saturated heterocycles. The van der Waals surface area contributed by atoms with Crippen molar-refractivity contribution in [3.8, 4) is 5.75 Å². The summed E-state index contributed by atoms with van der Waals surface area (Å²) in [5, 5.41) is 3.20. The Morgan fingerprint density at radius 1 is 1.06 bits per heavy atom. The third-order valence-corrected chi connectivity index (χ3v) is 6.49. The molecule has 0 aromatic heterocycles. The maximum absolute atomic E-state index is 13.7. The third-order valence-electron chi connectivity index (χ3n) is 6.49. The first kappa shape index (κ1) is 25.2. The molecule has 1 heterocycles. The van der Waals surface area contributed by atoms with Gasteiger partial charge in [-0.25, -0.2) is 9.18 Å². The molecule has 0 spiro atoms. The van der Waals surface area contributed by atoms with Gasteiger partial charge in [-0.05, 0) is 49.1 Å². The van der Waals surface area contributed by atoms with Crippen LogP contribution in [-0.2, 0) is 23.9 Å². The molecule has 1 aliphatic heterocycles. The van der Waals surface area contributed by atoms with Crippen LogP contribution in [0, 0.1) is 17.7 Å². The predicted molar refractivity (Wildman–Crippen MR) is 129 cm³/mol. The zero-order valence-corrected chi connectivity index (χ0v) is 20.4. The Bertz CT molecular complexity index is 1220. The van der Waals surface area contributed by atoms with Crippen molar-refractivity contribution in [3.05, 3.63) is 88.5 Å². The van der Waals surface area contributed by atoms with Crippen LogP contribution in [0.3, 0.4) is 0 Å². The molecule has 1 aliphatic carbocycles. The van der Waals surface area contributed by atoms with Gasteiger partial charge in [-0.1, -0.05) is 37.3 Å². The highest BCUT2D eigenvalue weighted by molar-refractivity contribution is 6.12. The second-order valence-electron chi connectivity index (χ2n) is 8.88. The van der Waals surface area contributed by atoms with Crippen LogP contribution in [0.25, 0.3) is 0 Å². The number of hydrogen-bond donors (Lipinski definition) is 1. The van der Waals surface area contributed by atoms with Crippen molar-refractivity contribution in [3.63, 3.8) is 0 Å². The van der Waals surface area contributed by atoms with Crippen molar-refractivity contribution < 1.29 is 33.0 Å². The second kappa shape index (κ2) is 10.8. The molecule has 0 saturated carbocycles. The molecule has 0 fully saturated rings. The van der Waals surface area contributed by atoms with E-state index in [1.165, 1.54) is 31.4 Å². The lowest BCUT2D eigenvalue weighted by Crippen LogP contribution is -2.43. The van der Waals surface area contributed by atoms with Crippen LogP contribution in [0.1, 0.15) is 31.7 Å². The molecule has 3 atom stereocenters. The van der Waals surface area contributed by atoms with Gasteiger partial charge >= 0.3 is 11.9 Å². The number of benzene rings is 2. The van der Waals surface area contributed by atoms with E-state index in [-0.39, 0.29) is 24.7 Å². The van der Waals surface area contributed by atoms with Gasteiger partial charge in [0.05, 0.1) is 12.7 Å². The van der Waals surface area contributed by atoms with Gasteiger partial charge in [-0.15, -0.1) is 0 Å². The Kier molecular flexibility index (Phi) is 7.52. The number of halogens is 1. The molecule has 0 bridgehead atoms. The van der Waals surface area contributed by atoms with Crippen molar-refractivity contribution in [2.45, 2.75) is 26.2 Å². The number of Topliss-reactive ketones (excluding diaryl/α,β-unsaturated/α-hetero) is 1. The van der Waals surface area contributed by atoms with Gasteiger partial charge in [-0.3, -0.25) is 9.59 Å². The van der Waals surface area contributed by atoms with Crippen molar-refractivity contribution in [1.82, 2.24) is 5.32 Å². The number of ether oxygens (including phenoxy) is 3. The molecule has 8 heteroatoms. The highest BCUT2D eigenvalue weighted by atomic mass is 19.1. The molecule has 2 aromatic carbocycles. The minimum absolute atomic E-state index is 0.0116. The van der Waals surface area contributed by atoms with Crippen LogP contribution in [0.15, 0.2) is 77.1 Å². The van der Waals surface area contributed by atoms with Crippen LogP contribution in [0.5, 0.6) is 5.75 Å². The summed E-state index contributed by atoms with van der Waals surface area (Å²) < 4.78 is 29.7. The largest absolute Gasteiger partial charge is 0.490 e. The Hall–Kier alpha value is -3.94. The van der Waals surface area contributed by atoms with Crippen molar-refractivity contribution in [2.24, 2.45) is 11.8 Å². The van der Waals surface area contributed by atoms with Crippen molar-refractivity contribution in [2.75, 3.05) is 20.3 Å². The van der Waals surface area contributed by atoms with Crippen molar-refractivity contribution >= 4 is 17.7 Å². The van der Waals surface area contributed by atoms with E-state index in [2.05, 4.69) is 5.32 Å². The summed E-state index contributed by atoms with van der Waals surface area (Å²) in [7, 11) is 1.24. The highest BCUT2D eigenvalue weighted by Crippen LogP contribution is 2.45. The number of hydrogen-bond acceptors (Lipinski definition) is 7. The zero-order chi connectivity index (χ0) is 25.8. The average Bonchev–Trinajstić information content (AvgIpc) is 2.86. The Morgan fingerprint density at radius 3 is 2.42 bits per heavy atom. The number of allylic oxidation sites excluding steroid dienone is 3. The summed E-state index contributed by atoms with van der Waals surface area (Å²) in [6, 6.07) is 14.8. The highest BCUT2D eigenvalue weighted by Gasteiger charge is 2.47. The number of ketones is 1. The summed E-state index contributed by atoms with van der Waals surface area (Å²) in [6.45, 7) is 3.68. The number of para-hydroxylation sites is 1. The van der Waals surface area contributed by atoms with Gasteiger partial charge in [0.1, 0.15) is 30.7 Å². The first-order valence-corrected chi connectivity index (χ1v) is 11.7. The van der Waals surface area contributed by atoms with Gasteiger partial charge in [-0.2, -0.15) is 0 Å². The minimum Gasteiger partial charge on any atom is -0.490 e. The molecule has 188 valence electrons. The molecule has 7 nitrogen and oxygen atoms in total. The normalized spacial score (nSPS) is 21.4. The number of rotatable bonds is 7. The molecule has 2 aromatic rings. The van der Waals surface area contributed by atoms with E-state index in [4.69, 9.17) is 14.2 Å². The maximum Gasteiger partial charge on any atom is 0.336 e. The predicted octanol–water partition coefficient (Wildman–Crippen LogP) is 4.06. The first-order chi connectivity index (χ1) is 17.3. The van der Waals surface area contributed by atoms with E-state index in [1.54, 1.807) is 19.1 Å². The van der Waals surface area contributed by atoms with Crippen LogP contribution >= 0.6 is 0 Å². The fourth-order valence-electron chi connectivity index (χ4n) is 4.83. The van der Waals surface area contributed by atoms with E-state index in [0.717, 1.165) is 0 Å². The van der Waals surface area contributed by atoms with Gasteiger partial charge < -0.3 is 19.5 Å². The van der Waals surface area contributed by atoms with Crippen molar-refractivity contribution in [1.29, 1.82) is 0 Å². The van der Waals surface area contributed by atoms with E-state index >= 15 is 0 Å². The summed E-state index contributed by atoms with van der Waals surface area (Å²) >= 11 is 0. The van der Waals surface area contributed by atoms with Crippen LogP contribution in [-0.4, -0.2) is 38.0 Å². The maximum atomic E-state index is 13.7. The van der Waals surface area contributed by atoms with Crippen LogP contribution < -0.4 is 10.1 Å². The number of carbonyl (C=O) groups is 3. The summed E-state index contributed by atoms with van der Waals surface area (Å²) in [5.74, 6) is -3.56. The van der Waals surface area contributed by atoms with E-state index in [1.807, 2.05) is 25.1 Å². The smallest absolute Gasteiger partial charge is 0.336 e. The van der Waals surface area contributed by atoms with Gasteiger partial charge in [0.2, 0.25) is 0 Å². The number of carbonyl (C=O) groups excluding carboxylic acids is 3. The van der Waals surface area contributed by atoms with E-state index in [0.29, 0.717) is 34.7 Å². The Labute approximate surface area is 208 Å². The lowest BCUT2D eigenvalue weighted by atomic mass is 9.69. The monoisotopic (exact) mass is 493 g/mol. The second-order valence-corrected chi connectivity index (χ2v) is 8.88. The van der Waals surface area contributed by atoms with E-state index < -0.39 is 35.4 Å². The molecule has 2 aliphatic rings. The molecular formula is C28H28FNO6. The van der Waals surface area contributed by atoms with Crippen LogP contribution in [0.2, 0.25) is 0 Å². The Morgan fingerprint density at radius 2 is 1.75 bits per heavy atom. The lowest BCUT2D eigenvalue weighted by Gasteiger charge is -2.38. The molecule has 1 N–H and O–H groups in total. The van der Waals surface area contributed by atoms with E-state index in [9.17, 15) is 18.8 Å². The molecule has 36 heavy (non-hydrogen) atoms. The van der Waals surface area contributed by atoms with Crippen LogP contribution in [0.4, 0.5) is 4.39 Å². The first-order valence-electron chi connectivity index (χ1n) is 11.7. The lowest BCUT2D eigenvalue weighted by molar-refractivity contribution is -0.151. The topological polar surface area (TPSA) is 90.9 Å². The number of esters is 2. The zero-order valence-electron chi connectivity index (χ0n) is 20.4. The minimum atomic E-state index is -0.992. The molecule has 0 radical (unpaired) electrons. The molecule has 3 unspecified atom stereocenters. The summed E-state index contributed by atoms with van der Waals surface area (Å²) in [4.78, 5) is 39.4. The molecule has 4 rings (SSSR count). The number of nitrogens with one attached hydrogen (secondary N) is 1. The third kappa shape index (κ3) is 5.03. The van der Waals surface area contributed by atoms with Gasteiger partial charge in [0.25, 0.3) is 0 Å². The van der Waals surface area contributed by atoms with Gasteiger partial charge in [0, 0.05) is 22.9 Å². The number of dihydropyridines is 1. The fraction of sp³-hybridized carbons (Fsp3) is 0.321. The summed E-state index contributed by atoms with van der Waals surface area (Å²) in [5.41, 5.74) is 2.25. The Balaban J connectivity index is 1.63. The van der Waals surface area contributed by atoms with Gasteiger partial charge in [0.15, 0.2) is 5.78 Å². The quantitative estimate of drug-likeness (QED) is 0.353. The number of methoxy groups -OCH3 is 1. The fourth-order valence-corrected chi connectivity index (χ4v) is 4.83. The summed E-state index contributed by atoms with van der Waals surface area (Å²) in [6.07, 6.45) is 0.420. The SMILES string of the molecule is COC(=O)C1C(=O)C2=C(CC1C)NC(C)=C(C(=O)OCCOc1ccccc1)C2c1ccc(F)cc1.